The summed E-state index contributed by atoms with van der Waals surface area (Å²) >= 11 is 0. The van der Waals surface area contributed by atoms with E-state index in [4.69, 9.17) is 4.74 Å². The smallest absolute Gasteiger partial charge is 0.416 e. The Kier molecular flexibility index (Phi) is 19.2. The number of aliphatic hydroxyl groups is 3. The SMILES string of the molecule is CCCCCCCCCCCCCCC(O)C(O)C(CO)N(C(=O)CCCCCN1C(=O)C=CC1=O)C(=O)OC. The molecule has 4 amide bonds. The lowest BCUT2D eigenvalue weighted by atomic mass is 9.98. The van der Waals surface area contributed by atoms with Crippen LogP contribution >= 0.6 is 0 Å². The fraction of sp³-hybridized carbons (Fsp3) is 0.800. The second kappa shape index (κ2) is 21.4. The van der Waals surface area contributed by atoms with Crippen LogP contribution in [0.5, 0.6) is 0 Å². The molecule has 40 heavy (non-hydrogen) atoms. The van der Waals surface area contributed by atoms with Crippen molar-refractivity contribution in [1.82, 2.24) is 9.80 Å². The van der Waals surface area contributed by atoms with E-state index in [1.807, 2.05) is 0 Å². The van der Waals surface area contributed by atoms with Crippen molar-refractivity contribution in [3.05, 3.63) is 12.2 Å². The second-order valence-electron chi connectivity index (χ2n) is 10.7. The summed E-state index contributed by atoms with van der Waals surface area (Å²) in [5.41, 5.74) is 0. The Balaban J connectivity index is 2.38. The maximum atomic E-state index is 12.9. The van der Waals surface area contributed by atoms with Crippen molar-refractivity contribution in [3.63, 3.8) is 0 Å². The fourth-order valence-electron chi connectivity index (χ4n) is 4.98. The van der Waals surface area contributed by atoms with E-state index in [1.54, 1.807) is 0 Å². The molecule has 1 aliphatic heterocycles. The van der Waals surface area contributed by atoms with Crippen LogP contribution in [0.1, 0.15) is 116 Å². The first-order valence-electron chi connectivity index (χ1n) is 15.2. The second-order valence-corrected chi connectivity index (χ2v) is 10.7. The maximum Gasteiger partial charge on any atom is 0.416 e. The minimum absolute atomic E-state index is 0.0622. The van der Waals surface area contributed by atoms with Crippen LogP contribution in [0.15, 0.2) is 12.2 Å². The van der Waals surface area contributed by atoms with Crippen molar-refractivity contribution in [2.45, 2.75) is 134 Å². The van der Waals surface area contributed by atoms with Crippen molar-refractivity contribution in [2.75, 3.05) is 20.3 Å². The van der Waals surface area contributed by atoms with Gasteiger partial charge >= 0.3 is 6.09 Å². The Morgan fingerprint density at radius 1 is 0.825 bits per heavy atom. The summed E-state index contributed by atoms with van der Waals surface area (Å²) in [5.74, 6) is -1.36. The standard InChI is InChI=1S/C30H52N2O8/c1-3-4-5-6-7-8-9-10-11-12-13-15-18-25(34)29(38)24(23-33)32(30(39)40-2)28(37)19-16-14-17-22-31-26(35)20-21-27(31)36/h20-21,24-25,29,33-34,38H,3-19,22-23H2,1-2H3. The molecule has 3 atom stereocenters. The van der Waals surface area contributed by atoms with Gasteiger partial charge in [-0.1, -0.05) is 90.4 Å². The van der Waals surface area contributed by atoms with Crippen LogP contribution in [0.2, 0.25) is 0 Å². The summed E-state index contributed by atoms with van der Waals surface area (Å²) < 4.78 is 4.72. The molecule has 1 heterocycles. The zero-order valence-electron chi connectivity index (χ0n) is 24.6. The third kappa shape index (κ3) is 13.4. The molecule has 0 fully saturated rings. The molecule has 1 rings (SSSR count). The Hall–Kier alpha value is -2.30. The highest BCUT2D eigenvalue weighted by Gasteiger charge is 2.37. The van der Waals surface area contributed by atoms with Gasteiger partial charge in [-0.05, 0) is 19.3 Å². The summed E-state index contributed by atoms with van der Waals surface area (Å²) in [6.07, 6.45) is 14.4. The molecule has 0 saturated carbocycles. The Morgan fingerprint density at radius 2 is 1.32 bits per heavy atom. The molecule has 3 unspecified atom stereocenters. The molecule has 0 aromatic heterocycles. The van der Waals surface area contributed by atoms with E-state index in [-0.39, 0.29) is 24.8 Å². The normalized spacial score (nSPS) is 15.4. The van der Waals surface area contributed by atoms with Gasteiger partial charge in [-0.25, -0.2) is 9.69 Å². The number of imide groups is 2. The molecule has 230 valence electrons. The highest BCUT2D eigenvalue weighted by molar-refractivity contribution is 6.12. The topological polar surface area (TPSA) is 145 Å². The predicted octanol–water partition coefficient (Wildman–Crippen LogP) is 4.24. The van der Waals surface area contributed by atoms with Crippen molar-refractivity contribution in [2.24, 2.45) is 0 Å². The third-order valence-electron chi connectivity index (χ3n) is 7.47. The first kappa shape index (κ1) is 35.7. The first-order valence-corrected chi connectivity index (χ1v) is 15.2. The average molecular weight is 569 g/mol. The number of ether oxygens (including phenoxy) is 1. The van der Waals surface area contributed by atoms with E-state index in [9.17, 15) is 34.5 Å². The summed E-state index contributed by atoms with van der Waals surface area (Å²) in [7, 11) is 1.10. The molecular weight excluding hydrogens is 516 g/mol. The first-order chi connectivity index (χ1) is 19.3. The number of rotatable bonds is 23. The number of unbranched alkanes of at least 4 members (excludes halogenated alkanes) is 13. The Bertz CT molecular complexity index is 770. The molecule has 0 spiro atoms. The highest BCUT2D eigenvalue weighted by Crippen LogP contribution is 2.18. The maximum absolute atomic E-state index is 12.9. The van der Waals surface area contributed by atoms with Crippen molar-refractivity contribution in [1.29, 1.82) is 0 Å². The van der Waals surface area contributed by atoms with Crippen molar-refractivity contribution < 1.29 is 39.2 Å². The number of hydrogen-bond acceptors (Lipinski definition) is 8. The summed E-state index contributed by atoms with van der Waals surface area (Å²) in [6.45, 7) is 1.74. The van der Waals surface area contributed by atoms with Crippen LogP contribution < -0.4 is 0 Å². The van der Waals surface area contributed by atoms with Crippen LogP contribution in [-0.2, 0) is 19.1 Å². The van der Waals surface area contributed by atoms with Gasteiger partial charge in [0.25, 0.3) is 11.8 Å². The quantitative estimate of drug-likeness (QED) is 0.123. The Labute approximate surface area is 239 Å². The average Bonchev–Trinajstić information content (AvgIpc) is 3.27. The zero-order chi connectivity index (χ0) is 29.8. The molecule has 0 saturated heterocycles. The van der Waals surface area contributed by atoms with E-state index in [0.29, 0.717) is 37.0 Å². The molecule has 10 heteroatoms. The van der Waals surface area contributed by atoms with Crippen LogP contribution in [0.25, 0.3) is 0 Å². The number of aliphatic hydroxyl groups excluding tert-OH is 3. The molecule has 0 aliphatic carbocycles. The summed E-state index contributed by atoms with van der Waals surface area (Å²) in [4.78, 5) is 50.3. The van der Waals surface area contributed by atoms with Gasteiger partial charge in [-0.2, -0.15) is 0 Å². The fourth-order valence-corrected chi connectivity index (χ4v) is 4.98. The molecule has 3 N–H and O–H groups in total. The van der Waals surface area contributed by atoms with Crippen molar-refractivity contribution >= 4 is 23.8 Å². The number of nitrogens with zero attached hydrogens (tertiary/aromatic N) is 2. The number of carbonyl (C=O) groups excluding carboxylic acids is 4. The third-order valence-corrected chi connectivity index (χ3v) is 7.47. The number of hydrogen-bond donors (Lipinski definition) is 3. The van der Waals surface area contributed by atoms with Gasteiger partial charge in [-0.3, -0.25) is 19.3 Å². The van der Waals surface area contributed by atoms with Crippen LogP contribution in [-0.4, -0.2) is 87.4 Å². The largest absolute Gasteiger partial charge is 0.452 e. The van der Waals surface area contributed by atoms with Gasteiger partial charge in [0.2, 0.25) is 5.91 Å². The number of carbonyl (C=O) groups is 4. The van der Waals surface area contributed by atoms with E-state index >= 15 is 0 Å². The molecule has 0 radical (unpaired) electrons. The lowest BCUT2D eigenvalue weighted by molar-refractivity contribution is -0.138. The number of methoxy groups -OCH3 is 1. The molecule has 0 bridgehead atoms. The van der Waals surface area contributed by atoms with Crippen LogP contribution in [0.3, 0.4) is 0 Å². The number of amides is 4. The van der Waals surface area contributed by atoms with E-state index in [2.05, 4.69) is 6.92 Å². The summed E-state index contributed by atoms with van der Waals surface area (Å²) in [6, 6.07) is -1.34. The van der Waals surface area contributed by atoms with E-state index in [0.717, 1.165) is 31.3 Å². The molecule has 10 nitrogen and oxygen atoms in total. The zero-order valence-corrected chi connectivity index (χ0v) is 24.6. The molecular formula is C30H52N2O8. The van der Waals surface area contributed by atoms with Gasteiger partial charge in [-0.15, -0.1) is 0 Å². The minimum atomic E-state index is -1.51. The molecule has 0 aromatic carbocycles. The van der Waals surface area contributed by atoms with E-state index in [1.165, 1.54) is 63.5 Å². The minimum Gasteiger partial charge on any atom is -0.452 e. The molecule has 1 aliphatic rings. The van der Waals surface area contributed by atoms with Gasteiger partial charge < -0.3 is 20.1 Å². The highest BCUT2D eigenvalue weighted by atomic mass is 16.5. The van der Waals surface area contributed by atoms with Crippen LogP contribution in [0.4, 0.5) is 4.79 Å². The van der Waals surface area contributed by atoms with Gasteiger partial charge in [0.15, 0.2) is 0 Å². The van der Waals surface area contributed by atoms with Gasteiger partial charge in [0.1, 0.15) is 6.10 Å². The predicted molar refractivity (Wildman–Crippen MR) is 152 cm³/mol. The molecule has 0 aromatic rings. The summed E-state index contributed by atoms with van der Waals surface area (Å²) in [5, 5.41) is 31.2. The Morgan fingerprint density at radius 3 is 1.82 bits per heavy atom. The lowest BCUT2D eigenvalue weighted by Gasteiger charge is -2.33. The lowest BCUT2D eigenvalue weighted by Crippen LogP contribution is -2.55. The van der Waals surface area contributed by atoms with Gasteiger partial charge in [0.05, 0.1) is 25.9 Å². The van der Waals surface area contributed by atoms with Crippen molar-refractivity contribution in [3.8, 4) is 0 Å². The van der Waals surface area contributed by atoms with E-state index < -0.39 is 36.9 Å². The van der Waals surface area contributed by atoms with Crippen LogP contribution in [0, 0.1) is 0 Å². The van der Waals surface area contributed by atoms with Gasteiger partial charge in [0, 0.05) is 25.1 Å². The monoisotopic (exact) mass is 568 g/mol.